The van der Waals surface area contributed by atoms with E-state index in [0.29, 0.717) is 17.4 Å². The Labute approximate surface area is 242 Å². The van der Waals surface area contributed by atoms with Crippen molar-refractivity contribution in [2.75, 3.05) is 16.8 Å². The van der Waals surface area contributed by atoms with Crippen LogP contribution in [-0.4, -0.2) is 15.0 Å². The number of nitrogens with two attached hydrogens (primary N) is 2. The van der Waals surface area contributed by atoms with Crippen molar-refractivity contribution in [1.29, 1.82) is 0 Å². The van der Waals surface area contributed by atoms with Crippen LogP contribution in [0.2, 0.25) is 0 Å². The second-order valence-corrected chi connectivity index (χ2v) is 11.2. The van der Waals surface area contributed by atoms with Crippen LogP contribution in [0, 0.1) is 0 Å². The molecule has 0 bridgehead atoms. The van der Waals surface area contributed by atoms with E-state index >= 15 is 0 Å². The van der Waals surface area contributed by atoms with Crippen molar-refractivity contribution in [3.63, 3.8) is 0 Å². The molecular weight excluding hydrogens is 504 g/mol. The van der Waals surface area contributed by atoms with E-state index in [4.69, 9.17) is 16.5 Å². The molecule has 3 aromatic carbocycles. The highest BCUT2D eigenvalue weighted by atomic mass is 15.1. The van der Waals surface area contributed by atoms with E-state index in [1.807, 2.05) is 30.3 Å². The van der Waals surface area contributed by atoms with Gasteiger partial charge in [0, 0.05) is 34.0 Å². The molecule has 1 aliphatic rings. The molecule has 41 heavy (non-hydrogen) atoms. The zero-order valence-corrected chi connectivity index (χ0v) is 23.7. The van der Waals surface area contributed by atoms with E-state index in [2.05, 4.69) is 70.7 Å². The quantitative estimate of drug-likeness (QED) is 0.181. The van der Waals surface area contributed by atoms with Gasteiger partial charge in [0.2, 0.25) is 5.95 Å². The van der Waals surface area contributed by atoms with Crippen molar-refractivity contribution < 1.29 is 0 Å². The van der Waals surface area contributed by atoms with Crippen LogP contribution in [0.1, 0.15) is 68.9 Å². The Balaban J connectivity index is 1.21. The number of hydrogen-bond donors (Lipinski definition) is 3. The smallest absolute Gasteiger partial charge is 0.222 e. The average Bonchev–Trinajstić information content (AvgIpc) is 3.01. The van der Waals surface area contributed by atoms with E-state index in [9.17, 15) is 0 Å². The van der Waals surface area contributed by atoms with Crippen LogP contribution < -0.4 is 16.8 Å². The minimum absolute atomic E-state index is 0.223. The maximum atomic E-state index is 6.56. The number of rotatable bonds is 8. The second-order valence-electron chi connectivity index (χ2n) is 11.2. The first kappa shape index (κ1) is 26.8. The van der Waals surface area contributed by atoms with Crippen molar-refractivity contribution in [1.82, 2.24) is 15.0 Å². The van der Waals surface area contributed by atoms with Crippen LogP contribution in [0.15, 0.2) is 78.9 Å². The van der Waals surface area contributed by atoms with Gasteiger partial charge in [-0.3, -0.25) is 0 Å². The number of anilines is 4. The lowest BCUT2D eigenvalue weighted by Gasteiger charge is -2.22. The Kier molecular flexibility index (Phi) is 7.81. The fourth-order valence-electron chi connectivity index (χ4n) is 5.89. The van der Waals surface area contributed by atoms with Gasteiger partial charge >= 0.3 is 0 Å². The molecule has 1 saturated carbocycles. The van der Waals surface area contributed by atoms with E-state index in [1.165, 1.54) is 56.1 Å². The van der Waals surface area contributed by atoms with Gasteiger partial charge in [-0.05, 0) is 67.0 Å². The highest BCUT2D eigenvalue weighted by Gasteiger charge is 2.16. The third-order valence-corrected chi connectivity index (χ3v) is 8.21. The third-order valence-electron chi connectivity index (χ3n) is 8.21. The molecule has 6 nitrogen and oxygen atoms in total. The molecule has 6 heteroatoms. The van der Waals surface area contributed by atoms with Gasteiger partial charge in [0.25, 0.3) is 0 Å². The van der Waals surface area contributed by atoms with E-state index in [1.54, 1.807) is 0 Å². The summed E-state index contributed by atoms with van der Waals surface area (Å²) in [4.78, 5) is 13.8. The Hall–Kier alpha value is -4.45. The largest absolute Gasteiger partial charge is 0.398 e. The minimum atomic E-state index is 0.223. The number of aryl methyl sites for hydroxylation is 1. The van der Waals surface area contributed by atoms with Crippen LogP contribution in [0.25, 0.3) is 33.4 Å². The first-order valence-electron chi connectivity index (χ1n) is 14.9. The number of hydrogen-bond acceptors (Lipinski definition) is 6. The topological polar surface area (TPSA) is 103 Å². The number of nitrogen functional groups attached to an aromatic ring is 2. The fraction of sp³-hybridized carbons (Fsp3) is 0.286. The molecule has 5 N–H and O–H groups in total. The van der Waals surface area contributed by atoms with Crippen LogP contribution >= 0.6 is 0 Å². The van der Waals surface area contributed by atoms with Crippen molar-refractivity contribution >= 4 is 34.0 Å². The second kappa shape index (κ2) is 12.0. The summed E-state index contributed by atoms with van der Waals surface area (Å²) in [5, 5.41) is 4.27. The summed E-state index contributed by atoms with van der Waals surface area (Å²) < 4.78 is 0. The molecule has 2 heterocycles. The van der Waals surface area contributed by atoms with E-state index in [-0.39, 0.29) is 5.95 Å². The van der Waals surface area contributed by atoms with Gasteiger partial charge in [0.05, 0.1) is 16.9 Å². The Bertz CT molecular complexity index is 1640. The molecule has 2 aromatic heterocycles. The fourth-order valence-corrected chi connectivity index (χ4v) is 5.89. The molecule has 6 rings (SSSR count). The van der Waals surface area contributed by atoms with E-state index < -0.39 is 0 Å². The summed E-state index contributed by atoms with van der Waals surface area (Å²) in [6.45, 7) is 2.21. The molecule has 0 spiro atoms. The Morgan fingerprint density at radius 1 is 0.756 bits per heavy atom. The molecule has 5 aromatic rings. The van der Waals surface area contributed by atoms with Gasteiger partial charge in [-0.25, -0.2) is 9.97 Å². The highest BCUT2D eigenvalue weighted by Crippen LogP contribution is 2.35. The molecule has 0 aliphatic heterocycles. The molecule has 0 atom stereocenters. The number of nitrogens with one attached hydrogen (secondary N) is 1. The maximum absolute atomic E-state index is 6.56. The van der Waals surface area contributed by atoms with Crippen molar-refractivity contribution in [2.24, 2.45) is 0 Å². The average molecular weight is 543 g/mol. The SMILES string of the molecule is CCCCc1ccc(-c2cc(Nc3ccc4nc(-c5ccc(C6CCCCC6)cc5)cc(N)c4c3)nc(N)n2)cc1. The summed E-state index contributed by atoms with van der Waals surface area (Å²) in [5.41, 5.74) is 21.6. The number of fused-ring (bicyclic) bond motifs is 1. The standard InChI is InChI=1S/C35H38N6/c1-2-3-7-23-10-12-26(13-11-23)33-22-34(41-35(37)40-33)38-28-18-19-31-29(20-28)30(36)21-32(39-31)27-16-14-25(15-17-27)24-8-5-4-6-9-24/h10-22,24H,2-9H2,1H3,(H2,36,39)(H3,37,38,40,41). The third kappa shape index (κ3) is 6.17. The van der Waals surface area contributed by atoms with Crippen molar-refractivity contribution in [2.45, 2.75) is 64.2 Å². The number of benzene rings is 3. The summed E-state index contributed by atoms with van der Waals surface area (Å²) in [7, 11) is 0. The lowest BCUT2D eigenvalue weighted by atomic mass is 9.84. The van der Waals surface area contributed by atoms with Crippen LogP contribution in [0.4, 0.5) is 23.1 Å². The summed E-state index contributed by atoms with van der Waals surface area (Å²) >= 11 is 0. The molecule has 0 radical (unpaired) electrons. The van der Waals surface area contributed by atoms with Gasteiger partial charge in [0.1, 0.15) is 5.82 Å². The van der Waals surface area contributed by atoms with Crippen LogP contribution in [0.5, 0.6) is 0 Å². The molecule has 0 unspecified atom stereocenters. The van der Waals surface area contributed by atoms with Crippen molar-refractivity contribution in [3.05, 3.63) is 90.0 Å². The zero-order valence-electron chi connectivity index (χ0n) is 23.7. The van der Waals surface area contributed by atoms with Gasteiger partial charge in [0.15, 0.2) is 0 Å². The molecule has 0 saturated heterocycles. The first-order valence-corrected chi connectivity index (χ1v) is 14.9. The molecule has 208 valence electrons. The number of unbranched alkanes of at least 4 members (excludes halogenated alkanes) is 1. The van der Waals surface area contributed by atoms with Crippen molar-refractivity contribution in [3.8, 4) is 22.5 Å². The first-order chi connectivity index (χ1) is 20.1. The molecular formula is C35H38N6. The van der Waals surface area contributed by atoms with Crippen LogP contribution in [-0.2, 0) is 6.42 Å². The molecule has 0 amide bonds. The molecule has 1 aliphatic carbocycles. The van der Waals surface area contributed by atoms with Crippen LogP contribution in [0.3, 0.4) is 0 Å². The number of pyridine rings is 1. The summed E-state index contributed by atoms with van der Waals surface area (Å²) in [6.07, 6.45) is 10.1. The number of nitrogens with zero attached hydrogens (tertiary/aromatic N) is 3. The Morgan fingerprint density at radius 2 is 1.46 bits per heavy atom. The number of aromatic nitrogens is 3. The lowest BCUT2D eigenvalue weighted by molar-refractivity contribution is 0.443. The minimum Gasteiger partial charge on any atom is -0.398 e. The Morgan fingerprint density at radius 3 is 2.20 bits per heavy atom. The monoisotopic (exact) mass is 542 g/mol. The predicted molar refractivity (Wildman–Crippen MR) is 171 cm³/mol. The highest BCUT2D eigenvalue weighted by molar-refractivity contribution is 5.95. The summed E-state index contributed by atoms with van der Waals surface area (Å²) in [6, 6.07) is 27.3. The van der Waals surface area contributed by atoms with Gasteiger partial charge in [-0.1, -0.05) is 81.1 Å². The normalized spacial score (nSPS) is 13.9. The summed E-state index contributed by atoms with van der Waals surface area (Å²) in [5.74, 6) is 1.54. The van der Waals surface area contributed by atoms with E-state index in [0.717, 1.165) is 45.5 Å². The lowest BCUT2D eigenvalue weighted by Crippen LogP contribution is -2.04. The van der Waals surface area contributed by atoms with Gasteiger partial charge < -0.3 is 16.8 Å². The van der Waals surface area contributed by atoms with Gasteiger partial charge in [-0.15, -0.1) is 0 Å². The molecule has 1 fully saturated rings. The predicted octanol–water partition coefficient (Wildman–Crippen LogP) is 8.66. The zero-order chi connectivity index (χ0) is 28.2. The maximum Gasteiger partial charge on any atom is 0.222 e. The van der Waals surface area contributed by atoms with Gasteiger partial charge in [-0.2, -0.15) is 4.98 Å².